The number of amides is 1. The highest BCUT2D eigenvalue weighted by Crippen LogP contribution is 2.08. The fourth-order valence-electron chi connectivity index (χ4n) is 1.73. The standard InChI is InChI=1S/C12H14FNO2/c13-11-4-1-3-10(7-11)8-12(15)14-5-2-6-16-9-14/h1,3-4,7H,2,5-6,8-9H2. The lowest BCUT2D eigenvalue weighted by molar-refractivity contribution is -0.139. The van der Waals surface area contributed by atoms with Crippen molar-refractivity contribution in [2.24, 2.45) is 0 Å². The SMILES string of the molecule is O=C(Cc1cccc(F)c1)N1CCCOC1. The largest absolute Gasteiger partial charge is 0.361 e. The third kappa shape index (κ3) is 2.79. The van der Waals surface area contributed by atoms with Gasteiger partial charge in [0.2, 0.25) is 5.91 Å². The van der Waals surface area contributed by atoms with Gasteiger partial charge in [0.1, 0.15) is 12.5 Å². The number of hydrogen-bond donors (Lipinski definition) is 0. The summed E-state index contributed by atoms with van der Waals surface area (Å²) >= 11 is 0. The Kier molecular flexibility index (Phi) is 3.51. The van der Waals surface area contributed by atoms with E-state index in [4.69, 9.17) is 4.74 Å². The van der Waals surface area contributed by atoms with E-state index in [1.165, 1.54) is 12.1 Å². The Morgan fingerprint density at radius 1 is 1.50 bits per heavy atom. The second-order valence-electron chi connectivity index (χ2n) is 3.85. The first-order valence-corrected chi connectivity index (χ1v) is 5.35. The average molecular weight is 223 g/mol. The zero-order valence-corrected chi connectivity index (χ0v) is 8.99. The molecular formula is C12H14FNO2. The zero-order chi connectivity index (χ0) is 11.4. The van der Waals surface area contributed by atoms with Crippen molar-refractivity contribution in [2.45, 2.75) is 12.8 Å². The Morgan fingerprint density at radius 3 is 3.06 bits per heavy atom. The minimum absolute atomic E-state index is 0.00898. The smallest absolute Gasteiger partial charge is 0.228 e. The van der Waals surface area contributed by atoms with Crippen LogP contribution in [0.4, 0.5) is 4.39 Å². The lowest BCUT2D eigenvalue weighted by Crippen LogP contribution is -2.39. The second-order valence-corrected chi connectivity index (χ2v) is 3.85. The molecule has 1 aliphatic rings. The summed E-state index contributed by atoms with van der Waals surface area (Å²) in [5.41, 5.74) is 0.704. The van der Waals surface area contributed by atoms with Crippen molar-refractivity contribution in [3.05, 3.63) is 35.6 Å². The Balaban J connectivity index is 1.96. The van der Waals surface area contributed by atoms with Crippen LogP contribution < -0.4 is 0 Å². The van der Waals surface area contributed by atoms with Crippen molar-refractivity contribution in [1.29, 1.82) is 0 Å². The van der Waals surface area contributed by atoms with Gasteiger partial charge in [-0.05, 0) is 24.1 Å². The summed E-state index contributed by atoms with van der Waals surface area (Å²) in [4.78, 5) is 13.5. The van der Waals surface area contributed by atoms with Gasteiger partial charge in [-0.25, -0.2) is 4.39 Å². The van der Waals surface area contributed by atoms with E-state index in [0.29, 0.717) is 18.9 Å². The zero-order valence-electron chi connectivity index (χ0n) is 8.99. The summed E-state index contributed by atoms with van der Waals surface area (Å²) in [5, 5.41) is 0. The molecule has 0 saturated carbocycles. The molecule has 16 heavy (non-hydrogen) atoms. The number of rotatable bonds is 2. The van der Waals surface area contributed by atoms with Crippen LogP contribution in [0.1, 0.15) is 12.0 Å². The van der Waals surface area contributed by atoms with Crippen molar-refractivity contribution < 1.29 is 13.9 Å². The molecule has 1 heterocycles. The molecule has 0 radical (unpaired) electrons. The van der Waals surface area contributed by atoms with Crippen LogP contribution in [0, 0.1) is 5.82 Å². The van der Waals surface area contributed by atoms with Gasteiger partial charge in [-0.1, -0.05) is 12.1 Å². The van der Waals surface area contributed by atoms with Crippen molar-refractivity contribution in [2.75, 3.05) is 19.9 Å². The Bertz CT molecular complexity index is 375. The van der Waals surface area contributed by atoms with E-state index in [-0.39, 0.29) is 18.1 Å². The summed E-state index contributed by atoms with van der Waals surface area (Å²) < 4.78 is 18.1. The monoisotopic (exact) mass is 223 g/mol. The number of carbonyl (C=O) groups is 1. The molecule has 1 saturated heterocycles. The molecule has 0 aromatic heterocycles. The quantitative estimate of drug-likeness (QED) is 0.761. The summed E-state index contributed by atoms with van der Waals surface area (Å²) in [6.07, 6.45) is 1.11. The van der Waals surface area contributed by atoms with E-state index < -0.39 is 0 Å². The maximum atomic E-state index is 12.9. The summed E-state index contributed by atoms with van der Waals surface area (Å²) in [5.74, 6) is -0.314. The molecule has 3 nitrogen and oxygen atoms in total. The van der Waals surface area contributed by atoms with Crippen LogP contribution in [0.15, 0.2) is 24.3 Å². The number of ether oxygens (including phenoxy) is 1. The molecule has 86 valence electrons. The summed E-state index contributed by atoms with van der Waals surface area (Å²) in [6, 6.07) is 6.14. The first kappa shape index (κ1) is 11.1. The van der Waals surface area contributed by atoms with Gasteiger partial charge >= 0.3 is 0 Å². The highest BCUT2D eigenvalue weighted by atomic mass is 19.1. The number of nitrogens with zero attached hydrogens (tertiary/aromatic N) is 1. The number of benzene rings is 1. The molecule has 2 rings (SSSR count). The molecular weight excluding hydrogens is 209 g/mol. The van der Waals surface area contributed by atoms with Gasteiger partial charge < -0.3 is 9.64 Å². The van der Waals surface area contributed by atoms with Gasteiger partial charge in [0.25, 0.3) is 0 Å². The third-order valence-corrected chi connectivity index (χ3v) is 2.56. The van der Waals surface area contributed by atoms with Gasteiger partial charge in [0.15, 0.2) is 0 Å². The van der Waals surface area contributed by atoms with E-state index in [0.717, 1.165) is 13.0 Å². The van der Waals surface area contributed by atoms with Crippen molar-refractivity contribution in [1.82, 2.24) is 4.90 Å². The van der Waals surface area contributed by atoms with Crippen molar-refractivity contribution in [3.8, 4) is 0 Å². The average Bonchev–Trinajstić information content (AvgIpc) is 2.30. The van der Waals surface area contributed by atoms with Gasteiger partial charge in [-0.15, -0.1) is 0 Å². The highest BCUT2D eigenvalue weighted by Gasteiger charge is 2.16. The van der Waals surface area contributed by atoms with Gasteiger partial charge in [0.05, 0.1) is 13.0 Å². The molecule has 0 unspecified atom stereocenters. The van der Waals surface area contributed by atoms with Crippen molar-refractivity contribution in [3.63, 3.8) is 0 Å². The van der Waals surface area contributed by atoms with E-state index >= 15 is 0 Å². The maximum absolute atomic E-state index is 12.9. The van der Waals surface area contributed by atoms with Crippen LogP contribution in [0.3, 0.4) is 0 Å². The molecule has 1 aromatic rings. The van der Waals surface area contributed by atoms with Crippen LogP contribution in [-0.2, 0) is 16.0 Å². The molecule has 0 bridgehead atoms. The predicted molar refractivity (Wildman–Crippen MR) is 57.3 cm³/mol. The first-order chi connectivity index (χ1) is 7.75. The summed E-state index contributed by atoms with van der Waals surface area (Å²) in [7, 11) is 0. The lowest BCUT2D eigenvalue weighted by atomic mass is 10.1. The van der Waals surface area contributed by atoms with Crippen LogP contribution in [0.25, 0.3) is 0 Å². The number of hydrogen-bond acceptors (Lipinski definition) is 2. The summed E-state index contributed by atoms with van der Waals surface area (Å²) in [6.45, 7) is 1.80. The maximum Gasteiger partial charge on any atom is 0.228 e. The molecule has 1 aromatic carbocycles. The molecule has 0 aliphatic carbocycles. The van der Waals surface area contributed by atoms with Crippen LogP contribution in [-0.4, -0.2) is 30.7 Å². The van der Waals surface area contributed by atoms with Gasteiger partial charge in [-0.2, -0.15) is 0 Å². The third-order valence-electron chi connectivity index (χ3n) is 2.56. The van der Waals surface area contributed by atoms with Gasteiger partial charge in [-0.3, -0.25) is 4.79 Å². The minimum atomic E-state index is -0.305. The van der Waals surface area contributed by atoms with E-state index in [1.807, 2.05) is 0 Å². The van der Waals surface area contributed by atoms with Crippen molar-refractivity contribution >= 4 is 5.91 Å². The molecule has 0 N–H and O–H groups in total. The second kappa shape index (κ2) is 5.07. The molecule has 1 fully saturated rings. The normalized spacial score (nSPS) is 16.2. The Hall–Kier alpha value is -1.42. The Labute approximate surface area is 93.8 Å². The Morgan fingerprint density at radius 2 is 2.38 bits per heavy atom. The van der Waals surface area contributed by atoms with Gasteiger partial charge in [0, 0.05) is 6.54 Å². The minimum Gasteiger partial charge on any atom is -0.361 e. The van der Waals surface area contributed by atoms with Crippen LogP contribution >= 0.6 is 0 Å². The molecule has 4 heteroatoms. The first-order valence-electron chi connectivity index (χ1n) is 5.35. The molecule has 1 amide bonds. The highest BCUT2D eigenvalue weighted by molar-refractivity contribution is 5.78. The topological polar surface area (TPSA) is 29.5 Å². The number of halogens is 1. The van der Waals surface area contributed by atoms with E-state index in [9.17, 15) is 9.18 Å². The molecule has 0 atom stereocenters. The van der Waals surface area contributed by atoms with Crippen LogP contribution in [0.5, 0.6) is 0 Å². The molecule has 1 aliphatic heterocycles. The predicted octanol–water partition coefficient (Wildman–Crippen LogP) is 1.57. The van der Waals surface area contributed by atoms with E-state index in [2.05, 4.69) is 0 Å². The van der Waals surface area contributed by atoms with E-state index in [1.54, 1.807) is 17.0 Å². The fourth-order valence-corrected chi connectivity index (χ4v) is 1.73. The number of carbonyl (C=O) groups excluding carboxylic acids is 1. The fraction of sp³-hybridized carbons (Fsp3) is 0.417. The van der Waals surface area contributed by atoms with Crippen LogP contribution in [0.2, 0.25) is 0 Å². The molecule has 0 spiro atoms. The lowest BCUT2D eigenvalue weighted by Gasteiger charge is -2.26.